The van der Waals surface area contributed by atoms with Crippen LogP contribution in [0.5, 0.6) is 5.75 Å². The van der Waals surface area contributed by atoms with Crippen molar-refractivity contribution in [3.05, 3.63) is 71.4 Å². The number of methoxy groups -OCH3 is 1. The number of carbonyl (C=O) groups is 1. The number of aromatic amines is 1. The van der Waals surface area contributed by atoms with Gasteiger partial charge in [0, 0.05) is 43.7 Å². The molecule has 0 atom stereocenters. The van der Waals surface area contributed by atoms with Gasteiger partial charge in [0.25, 0.3) is 0 Å². The van der Waals surface area contributed by atoms with Crippen molar-refractivity contribution in [2.24, 2.45) is 0 Å². The van der Waals surface area contributed by atoms with Gasteiger partial charge in [-0.25, -0.2) is 9.67 Å². The van der Waals surface area contributed by atoms with E-state index < -0.39 is 0 Å². The van der Waals surface area contributed by atoms with Gasteiger partial charge in [-0.15, -0.1) is 0 Å². The van der Waals surface area contributed by atoms with E-state index in [0.717, 1.165) is 22.7 Å². The van der Waals surface area contributed by atoms with Crippen molar-refractivity contribution in [3.8, 4) is 23.0 Å². The van der Waals surface area contributed by atoms with Crippen molar-refractivity contribution in [2.45, 2.75) is 19.5 Å². The quantitative estimate of drug-likeness (QED) is 0.413. The molecule has 1 aromatic carbocycles. The highest BCUT2D eigenvalue weighted by molar-refractivity contribution is 7.71. The van der Waals surface area contributed by atoms with Gasteiger partial charge in [0.15, 0.2) is 16.4 Å². The predicted octanol–water partition coefficient (Wildman–Crippen LogP) is 2.90. The van der Waals surface area contributed by atoms with Crippen LogP contribution in [0.2, 0.25) is 0 Å². The molecular formula is C21H21N7O2S. The second kappa shape index (κ2) is 9.35. The molecule has 4 rings (SSSR count). The third-order valence-corrected chi connectivity index (χ3v) is 5.02. The molecule has 0 saturated heterocycles. The molecule has 0 saturated carbocycles. The van der Waals surface area contributed by atoms with Crippen molar-refractivity contribution in [3.63, 3.8) is 0 Å². The first-order valence-corrected chi connectivity index (χ1v) is 10.1. The van der Waals surface area contributed by atoms with Crippen molar-refractivity contribution < 1.29 is 9.53 Å². The summed E-state index contributed by atoms with van der Waals surface area (Å²) in [7, 11) is 1.62. The molecule has 0 aliphatic carbocycles. The van der Waals surface area contributed by atoms with Crippen LogP contribution >= 0.6 is 12.2 Å². The average Bonchev–Trinajstić information content (AvgIpc) is 3.47. The molecule has 10 heteroatoms. The van der Waals surface area contributed by atoms with Gasteiger partial charge in [-0.2, -0.15) is 10.2 Å². The van der Waals surface area contributed by atoms with E-state index in [1.807, 2.05) is 53.2 Å². The molecule has 3 heterocycles. The predicted molar refractivity (Wildman–Crippen MR) is 117 cm³/mol. The topological polar surface area (TPSA) is 103 Å². The minimum Gasteiger partial charge on any atom is -0.497 e. The number of nitrogens with one attached hydrogen (secondary N) is 2. The number of benzene rings is 1. The van der Waals surface area contributed by atoms with Gasteiger partial charge in [0.1, 0.15) is 5.75 Å². The Hall–Kier alpha value is -3.79. The van der Waals surface area contributed by atoms with Crippen molar-refractivity contribution >= 4 is 18.1 Å². The number of hydrogen-bond acceptors (Lipinski definition) is 6. The van der Waals surface area contributed by atoms with Gasteiger partial charge < -0.3 is 10.1 Å². The molecule has 0 aliphatic heterocycles. The zero-order valence-corrected chi connectivity index (χ0v) is 17.7. The molecule has 0 fully saturated rings. The van der Waals surface area contributed by atoms with Crippen molar-refractivity contribution in [2.75, 3.05) is 7.11 Å². The first-order chi connectivity index (χ1) is 15.1. The number of nitrogens with zero attached hydrogens (tertiary/aromatic N) is 5. The van der Waals surface area contributed by atoms with Gasteiger partial charge in [-0.05, 0) is 54.2 Å². The fourth-order valence-electron chi connectivity index (χ4n) is 3.05. The number of rotatable bonds is 8. The Morgan fingerprint density at radius 1 is 1.23 bits per heavy atom. The van der Waals surface area contributed by atoms with E-state index >= 15 is 0 Å². The highest BCUT2D eigenvalue weighted by Gasteiger charge is 2.11. The molecule has 158 valence electrons. The van der Waals surface area contributed by atoms with Crippen molar-refractivity contribution in [1.82, 2.24) is 34.8 Å². The lowest BCUT2D eigenvalue weighted by atomic mass is 10.2. The lowest BCUT2D eigenvalue weighted by molar-refractivity contribution is -0.121. The summed E-state index contributed by atoms with van der Waals surface area (Å²) in [4.78, 5) is 16.7. The summed E-state index contributed by atoms with van der Waals surface area (Å²) in [6.45, 7) is 0.812. The Morgan fingerprint density at radius 3 is 2.74 bits per heavy atom. The maximum atomic E-state index is 12.4. The normalized spacial score (nSPS) is 10.7. The van der Waals surface area contributed by atoms with Crippen molar-refractivity contribution in [1.29, 1.82) is 0 Å². The van der Waals surface area contributed by atoms with E-state index in [2.05, 4.69) is 25.6 Å². The molecule has 0 bridgehead atoms. The molecule has 0 spiro atoms. The number of hydrogen-bond donors (Lipinski definition) is 2. The summed E-state index contributed by atoms with van der Waals surface area (Å²) in [5, 5.41) is 14.2. The van der Waals surface area contributed by atoms with E-state index in [0.29, 0.717) is 23.7 Å². The van der Waals surface area contributed by atoms with Crippen LogP contribution in [0.4, 0.5) is 0 Å². The third-order valence-electron chi connectivity index (χ3n) is 4.71. The van der Waals surface area contributed by atoms with Gasteiger partial charge in [0.05, 0.1) is 7.11 Å². The highest BCUT2D eigenvalue weighted by Crippen LogP contribution is 2.21. The second-order valence-corrected chi connectivity index (χ2v) is 7.12. The Bertz CT molecular complexity index is 1200. The molecule has 31 heavy (non-hydrogen) atoms. The summed E-state index contributed by atoms with van der Waals surface area (Å²) in [5.74, 6) is 2.08. The first kappa shape index (κ1) is 20.5. The van der Waals surface area contributed by atoms with Crippen LogP contribution in [0.15, 0.2) is 61.1 Å². The standard InChI is InChI=1S/C21H21N7O2S/c1-30-17-6-4-16(5-7-17)20-25-26-21(31)27(20)12-9-19(29)23-14-15-3-8-18(22-13-15)28-11-2-10-24-28/h2-8,10-11,13H,9,12,14H2,1H3,(H,23,29)(H,26,31). The monoisotopic (exact) mass is 435 g/mol. The molecule has 2 N–H and O–H groups in total. The third kappa shape index (κ3) is 4.86. The van der Waals surface area contributed by atoms with Crippen LogP contribution in [0.3, 0.4) is 0 Å². The summed E-state index contributed by atoms with van der Waals surface area (Å²) in [5.41, 5.74) is 1.79. The summed E-state index contributed by atoms with van der Waals surface area (Å²) in [6, 6.07) is 13.1. The molecule has 0 aliphatic rings. The fraction of sp³-hybridized carbons (Fsp3) is 0.190. The first-order valence-electron chi connectivity index (χ1n) is 9.65. The fourth-order valence-corrected chi connectivity index (χ4v) is 3.27. The SMILES string of the molecule is COc1ccc(-c2n[nH]c(=S)n2CCC(=O)NCc2ccc(-n3cccn3)nc2)cc1. The van der Waals surface area contributed by atoms with Gasteiger partial charge in [-0.1, -0.05) is 6.07 Å². The highest BCUT2D eigenvalue weighted by atomic mass is 32.1. The molecule has 0 radical (unpaired) electrons. The van der Waals surface area contributed by atoms with E-state index in [1.54, 1.807) is 24.2 Å². The van der Waals surface area contributed by atoms with Crippen LogP contribution < -0.4 is 10.1 Å². The maximum Gasteiger partial charge on any atom is 0.222 e. The number of aromatic nitrogens is 6. The van der Waals surface area contributed by atoms with Crippen LogP contribution in [-0.2, 0) is 17.9 Å². The van der Waals surface area contributed by atoms with E-state index in [1.165, 1.54) is 0 Å². The Kier molecular flexibility index (Phi) is 6.18. The zero-order valence-electron chi connectivity index (χ0n) is 16.9. The van der Waals surface area contributed by atoms with E-state index in [9.17, 15) is 4.79 Å². The van der Waals surface area contributed by atoms with Crippen LogP contribution in [0.1, 0.15) is 12.0 Å². The number of carbonyl (C=O) groups excluding carboxylic acids is 1. The number of H-pyrrole nitrogens is 1. The Morgan fingerprint density at radius 2 is 2.06 bits per heavy atom. The lowest BCUT2D eigenvalue weighted by Gasteiger charge is -2.09. The van der Waals surface area contributed by atoms with E-state index in [-0.39, 0.29) is 12.3 Å². The summed E-state index contributed by atoms with van der Waals surface area (Å²) < 4.78 is 9.15. The van der Waals surface area contributed by atoms with Crippen LogP contribution in [-0.4, -0.2) is 42.5 Å². The minimum absolute atomic E-state index is 0.0834. The Labute approximate surface area is 183 Å². The molecule has 9 nitrogen and oxygen atoms in total. The van der Waals surface area contributed by atoms with Crippen LogP contribution in [0.25, 0.3) is 17.2 Å². The van der Waals surface area contributed by atoms with Gasteiger partial charge in [-0.3, -0.25) is 14.5 Å². The smallest absolute Gasteiger partial charge is 0.222 e. The summed E-state index contributed by atoms with van der Waals surface area (Å²) >= 11 is 5.33. The van der Waals surface area contributed by atoms with E-state index in [4.69, 9.17) is 17.0 Å². The Balaban J connectivity index is 1.34. The average molecular weight is 436 g/mol. The molecular weight excluding hydrogens is 414 g/mol. The molecule has 3 aromatic heterocycles. The zero-order chi connectivity index (χ0) is 21.6. The minimum atomic E-state index is -0.0834. The number of amides is 1. The molecule has 0 unspecified atom stereocenters. The summed E-state index contributed by atoms with van der Waals surface area (Å²) in [6.07, 6.45) is 5.52. The second-order valence-electron chi connectivity index (χ2n) is 6.73. The maximum absolute atomic E-state index is 12.4. The molecule has 1 amide bonds. The molecule has 4 aromatic rings. The lowest BCUT2D eigenvalue weighted by Crippen LogP contribution is -2.24. The van der Waals surface area contributed by atoms with Gasteiger partial charge in [0.2, 0.25) is 5.91 Å². The van der Waals surface area contributed by atoms with Gasteiger partial charge >= 0.3 is 0 Å². The van der Waals surface area contributed by atoms with Crippen LogP contribution in [0, 0.1) is 4.77 Å². The number of ether oxygens (including phenoxy) is 1. The largest absolute Gasteiger partial charge is 0.497 e. The number of pyridine rings is 1.